The van der Waals surface area contributed by atoms with Crippen LogP contribution in [0, 0.1) is 11.7 Å². The molecule has 6 nitrogen and oxygen atoms in total. The van der Waals surface area contributed by atoms with Crippen molar-refractivity contribution in [3.05, 3.63) is 89.2 Å². The Morgan fingerprint density at radius 1 is 0.919 bits per heavy atom. The van der Waals surface area contributed by atoms with Gasteiger partial charge < -0.3 is 10.6 Å². The van der Waals surface area contributed by atoms with Crippen molar-refractivity contribution in [3.8, 4) is 0 Å². The maximum absolute atomic E-state index is 15.7. The normalized spacial score (nSPS) is 13.7. The van der Waals surface area contributed by atoms with Crippen LogP contribution >= 0.6 is 0 Å². The minimum Gasteiger partial charge on any atom is -0.323 e. The molecule has 8 heteroatoms. The van der Waals surface area contributed by atoms with Gasteiger partial charge in [0.05, 0.1) is 22.8 Å². The summed E-state index contributed by atoms with van der Waals surface area (Å²) in [5.41, 5.74) is 0.860. The van der Waals surface area contributed by atoms with Crippen molar-refractivity contribution >= 4 is 33.0 Å². The third-order valence-corrected chi connectivity index (χ3v) is 8.14. The lowest BCUT2D eigenvalue weighted by atomic mass is 9.82. The highest BCUT2D eigenvalue weighted by Crippen LogP contribution is 2.34. The van der Waals surface area contributed by atoms with Crippen molar-refractivity contribution in [2.45, 2.75) is 50.3 Å². The second kappa shape index (κ2) is 10.5. The van der Waals surface area contributed by atoms with E-state index in [0.717, 1.165) is 12.8 Å². The van der Waals surface area contributed by atoms with Gasteiger partial charge in [-0.05, 0) is 66.1 Å². The predicted molar refractivity (Wildman–Crippen MR) is 143 cm³/mol. The summed E-state index contributed by atoms with van der Waals surface area (Å²) in [6.45, 7) is 5.40. The highest BCUT2D eigenvalue weighted by Gasteiger charge is 2.30. The number of rotatable bonds is 8. The lowest BCUT2D eigenvalue weighted by Gasteiger charge is -2.25. The van der Waals surface area contributed by atoms with Crippen molar-refractivity contribution in [1.82, 2.24) is 0 Å². The minimum absolute atomic E-state index is 0.0187. The quantitative estimate of drug-likeness (QED) is 0.395. The van der Waals surface area contributed by atoms with Crippen LogP contribution in [0.3, 0.4) is 0 Å². The van der Waals surface area contributed by atoms with Gasteiger partial charge >= 0.3 is 0 Å². The summed E-state index contributed by atoms with van der Waals surface area (Å²) >= 11 is 0. The van der Waals surface area contributed by atoms with Gasteiger partial charge in [0.25, 0.3) is 5.91 Å². The molecule has 0 bridgehead atoms. The molecule has 0 aromatic heterocycles. The van der Waals surface area contributed by atoms with Gasteiger partial charge in [-0.1, -0.05) is 51.1 Å². The molecule has 1 aliphatic rings. The number of benzene rings is 3. The molecule has 2 amide bonds. The fourth-order valence-electron chi connectivity index (χ4n) is 4.20. The molecule has 0 spiro atoms. The van der Waals surface area contributed by atoms with Crippen molar-refractivity contribution < 1.29 is 22.4 Å². The number of carbonyl (C=O) groups is 2. The van der Waals surface area contributed by atoms with Gasteiger partial charge in [0, 0.05) is 16.8 Å². The van der Waals surface area contributed by atoms with Gasteiger partial charge in [-0.15, -0.1) is 0 Å². The standard InChI is InChI=1S/C29H31FN2O4S/c1-29(2,3)26-23(28(34)31-21-7-5-4-6-8-21)15-16-24(27(26)30)32-25(33)17-19-11-13-22(14-12-19)37(35,36)18-20-9-10-20/h4-8,11-16,20H,9-10,17-18H2,1-3H3,(H,31,34)(H,32,33). The van der Waals surface area contributed by atoms with Crippen LogP contribution < -0.4 is 10.6 Å². The fourth-order valence-corrected chi connectivity index (χ4v) is 5.90. The Bertz CT molecular complexity index is 1410. The molecule has 194 valence electrons. The van der Waals surface area contributed by atoms with Crippen LogP contribution in [0.2, 0.25) is 0 Å². The van der Waals surface area contributed by atoms with Gasteiger partial charge in [-0.2, -0.15) is 0 Å². The first-order valence-electron chi connectivity index (χ1n) is 12.2. The van der Waals surface area contributed by atoms with E-state index in [9.17, 15) is 18.0 Å². The van der Waals surface area contributed by atoms with Crippen molar-refractivity contribution in [2.24, 2.45) is 5.92 Å². The molecule has 2 N–H and O–H groups in total. The molecule has 0 atom stereocenters. The molecule has 0 radical (unpaired) electrons. The predicted octanol–water partition coefficient (Wildman–Crippen LogP) is 5.74. The minimum atomic E-state index is -3.33. The van der Waals surface area contributed by atoms with E-state index in [0.29, 0.717) is 11.3 Å². The largest absolute Gasteiger partial charge is 0.323 e. The fraction of sp³-hybridized carbons (Fsp3) is 0.310. The van der Waals surface area contributed by atoms with Gasteiger partial charge in [0.1, 0.15) is 0 Å². The monoisotopic (exact) mass is 522 g/mol. The molecule has 0 aliphatic heterocycles. The van der Waals surface area contributed by atoms with Crippen LogP contribution in [0.4, 0.5) is 15.8 Å². The maximum Gasteiger partial charge on any atom is 0.256 e. The molecule has 0 saturated heterocycles. The van der Waals surface area contributed by atoms with E-state index in [4.69, 9.17) is 0 Å². The van der Waals surface area contributed by atoms with E-state index >= 15 is 4.39 Å². The molecular formula is C29H31FN2O4S. The molecule has 1 saturated carbocycles. The summed E-state index contributed by atoms with van der Waals surface area (Å²) in [6.07, 6.45) is 1.84. The van der Waals surface area contributed by atoms with Crippen LogP contribution in [0.15, 0.2) is 71.6 Å². The first-order chi connectivity index (χ1) is 17.4. The lowest BCUT2D eigenvalue weighted by Crippen LogP contribution is -2.24. The first-order valence-corrected chi connectivity index (χ1v) is 13.9. The second-order valence-corrected chi connectivity index (χ2v) is 12.5. The van der Waals surface area contributed by atoms with Gasteiger partial charge in [0.15, 0.2) is 15.7 Å². The average molecular weight is 523 g/mol. The van der Waals surface area contributed by atoms with Crippen molar-refractivity contribution in [3.63, 3.8) is 0 Å². The highest BCUT2D eigenvalue weighted by atomic mass is 32.2. The smallest absolute Gasteiger partial charge is 0.256 e. The van der Waals surface area contributed by atoms with E-state index in [1.54, 1.807) is 57.2 Å². The molecule has 37 heavy (non-hydrogen) atoms. The Morgan fingerprint density at radius 2 is 1.57 bits per heavy atom. The number of halogens is 1. The highest BCUT2D eigenvalue weighted by molar-refractivity contribution is 7.91. The molecule has 1 aliphatic carbocycles. The number of para-hydroxylation sites is 1. The Balaban J connectivity index is 1.49. The maximum atomic E-state index is 15.7. The zero-order valence-electron chi connectivity index (χ0n) is 21.2. The third kappa shape index (κ3) is 6.63. The Morgan fingerprint density at radius 3 is 2.16 bits per heavy atom. The number of hydrogen-bond acceptors (Lipinski definition) is 4. The molecule has 3 aromatic rings. The molecule has 1 fully saturated rings. The van der Waals surface area contributed by atoms with E-state index in [2.05, 4.69) is 10.6 Å². The number of amides is 2. The van der Waals surface area contributed by atoms with Gasteiger partial charge in [-0.3, -0.25) is 9.59 Å². The number of nitrogens with one attached hydrogen (secondary N) is 2. The van der Waals surface area contributed by atoms with E-state index in [1.807, 2.05) is 6.07 Å². The van der Waals surface area contributed by atoms with E-state index in [1.165, 1.54) is 24.3 Å². The number of carbonyl (C=O) groups excluding carboxylic acids is 2. The summed E-state index contributed by atoms with van der Waals surface area (Å²) in [5.74, 6) is -1.15. The van der Waals surface area contributed by atoms with Gasteiger partial charge in [-0.25, -0.2) is 12.8 Å². The van der Waals surface area contributed by atoms with Crippen LogP contribution in [-0.4, -0.2) is 26.0 Å². The number of anilines is 2. The summed E-state index contributed by atoms with van der Waals surface area (Å²) in [4.78, 5) is 25.9. The topological polar surface area (TPSA) is 92.3 Å². The summed E-state index contributed by atoms with van der Waals surface area (Å²) in [5, 5.41) is 5.39. The summed E-state index contributed by atoms with van der Waals surface area (Å²) in [7, 11) is -3.33. The van der Waals surface area contributed by atoms with Crippen LogP contribution in [0.5, 0.6) is 0 Å². The number of sulfone groups is 1. The zero-order valence-corrected chi connectivity index (χ0v) is 22.0. The van der Waals surface area contributed by atoms with Crippen molar-refractivity contribution in [2.75, 3.05) is 16.4 Å². The van der Waals surface area contributed by atoms with E-state index in [-0.39, 0.29) is 39.8 Å². The molecule has 0 unspecified atom stereocenters. The SMILES string of the molecule is CC(C)(C)c1c(C(=O)Nc2ccccc2)ccc(NC(=O)Cc2ccc(S(=O)(=O)CC3CC3)cc2)c1F. The average Bonchev–Trinajstić information content (AvgIpc) is 3.63. The Hall–Kier alpha value is -3.52. The molecule has 3 aromatic carbocycles. The first kappa shape index (κ1) is 26.5. The van der Waals surface area contributed by atoms with Crippen LogP contribution in [0.1, 0.15) is 55.1 Å². The van der Waals surface area contributed by atoms with Crippen LogP contribution in [0.25, 0.3) is 0 Å². The van der Waals surface area contributed by atoms with E-state index < -0.39 is 32.9 Å². The summed E-state index contributed by atoms with van der Waals surface area (Å²) in [6, 6.07) is 18.0. The van der Waals surface area contributed by atoms with Crippen LogP contribution in [-0.2, 0) is 26.5 Å². The number of hydrogen-bond donors (Lipinski definition) is 2. The van der Waals surface area contributed by atoms with Gasteiger partial charge in [0.2, 0.25) is 5.91 Å². The Labute approximate surface area is 217 Å². The zero-order chi connectivity index (χ0) is 26.8. The Kier molecular flexibility index (Phi) is 7.50. The second-order valence-electron chi connectivity index (χ2n) is 10.5. The third-order valence-electron chi connectivity index (χ3n) is 6.24. The summed E-state index contributed by atoms with van der Waals surface area (Å²) < 4.78 is 40.5. The molecule has 0 heterocycles. The molecule has 4 rings (SSSR count). The van der Waals surface area contributed by atoms with Crippen molar-refractivity contribution in [1.29, 1.82) is 0 Å². The molecular weight excluding hydrogens is 491 g/mol. The lowest BCUT2D eigenvalue weighted by molar-refractivity contribution is -0.115.